The zero-order valence-electron chi connectivity index (χ0n) is 17.7. The highest BCUT2D eigenvalue weighted by atomic mass is 35.5. The minimum atomic E-state index is -1.40. The Hall–Kier alpha value is -2.90. The van der Waals surface area contributed by atoms with Gasteiger partial charge in [-0.05, 0) is 29.3 Å². The molecule has 2 aliphatic heterocycles. The second-order valence-electron chi connectivity index (χ2n) is 8.77. The van der Waals surface area contributed by atoms with E-state index in [-0.39, 0.29) is 0 Å². The monoisotopic (exact) mass is 495 g/mol. The van der Waals surface area contributed by atoms with Gasteiger partial charge in [-0.15, -0.1) is 0 Å². The number of hydrogen-bond acceptors (Lipinski definition) is 5. The van der Waals surface area contributed by atoms with E-state index >= 15 is 0 Å². The van der Waals surface area contributed by atoms with Crippen molar-refractivity contribution < 1.29 is 24.2 Å². The van der Waals surface area contributed by atoms with Crippen LogP contribution in [0, 0.1) is 11.8 Å². The number of amides is 1. The van der Waals surface area contributed by atoms with Gasteiger partial charge in [0.15, 0.2) is 11.7 Å². The van der Waals surface area contributed by atoms with Gasteiger partial charge in [0.05, 0.1) is 22.1 Å². The highest BCUT2D eigenvalue weighted by Gasteiger charge is 2.75. The van der Waals surface area contributed by atoms with Crippen molar-refractivity contribution in [3.8, 4) is 0 Å². The number of nitrogens with one attached hydrogen (secondary N) is 1. The second kappa shape index (κ2) is 7.82. The minimum absolute atomic E-state index is 0.292. The number of carbonyl (C=O) groups is 2. The lowest BCUT2D eigenvalue weighted by atomic mass is 9.76. The first-order chi connectivity index (χ1) is 16.4. The number of benzene rings is 3. The van der Waals surface area contributed by atoms with E-state index in [1.165, 1.54) is 0 Å². The number of fused-ring (bicyclic) bond motifs is 2. The van der Waals surface area contributed by atoms with Gasteiger partial charge in [0.1, 0.15) is 12.0 Å². The second-order valence-corrected chi connectivity index (χ2v) is 9.59. The van der Waals surface area contributed by atoms with Gasteiger partial charge in [0.25, 0.3) is 0 Å². The molecule has 6 nitrogen and oxygen atoms in total. The van der Waals surface area contributed by atoms with Crippen LogP contribution in [0.2, 0.25) is 10.0 Å². The molecule has 1 spiro atoms. The molecule has 6 atom stereocenters. The molecule has 0 aromatic heterocycles. The van der Waals surface area contributed by atoms with E-state index in [1.54, 1.807) is 24.3 Å². The van der Waals surface area contributed by atoms with E-state index in [0.29, 0.717) is 26.9 Å². The average Bonchev–Trinajstić information content (AvgIpc) is 3.42. The first-order valence-electron chi connectivity index (χ1n) is 10.9. The number of rotatable bonds is 3. The summed E-state index contributed by atoms with van der Waals surface area (Å²) in [6.45, 7) is 0. The molecule has 8 heteroatoms. The Morgan fingerprint density at radius 3 is 2.38 bits per heavy atom. The molecule has 3 aliphatic rings. The molecule has 172 valence electrons. The summed E-state index contributed by atoms with van der Waals surface area (Å²) >= 11 is 12.1. The summed E-state index contributed by atoms with van der Waals surface area (Å²) in [5, 5.41) is 14.9. The van der Waals surface area contributed by atoms with E-state index in [1.807, 2.05) is 48.5 Å². The van der Waals surface area contributed by atoms with Gasteiger partial charge in [0.2, 0.25) is 5.91 Å². The number of anilines is 1. The van der Waals surface area contributed by atoms with Gasteiger partial charge in [-0.25, -0.2) is 0 Å². The SMILES string of the molecule is O=C(Nc1ccc(Cl)c(Cl)c1)[C@H]1[C@H](c2ccccc2)O[C@]23[C@H](OC(=O)[C@@H]12)c1ccccc1[C@@H]3O. The molecule has 3 aromatic carbocycles. The van der Waals surface area contributed by atoms with Gasteiger partial charge < -0.3 is 19.9 Å². The van der Waals surface area contributed by atoms with E-state index in [2.05, 4.69) is 5.32 Å². The van der Waals surface area contributed by atoms with Crippen molar-refractivity contribution in [1.82, 2.24) is 0 Å². The fourth-order valence-electron chi connectivity index (χ4n) is 5.59. The number of aliphatic hydroxyl groups is 1. The molecule has 2 saturated heterocycles. The minimum Gasteiger partial charge on any atom is -0.454 e. The first kappa shape index (κ1) is 21.6. The normalized spacial score (nSPS) is 30.9. The van der Waals surface area contributed by atoms with E-state index < -0.39 is 47.6 Å². The predicted octanol–water partition coefficient (Wildman–Crippen LogP) is 5.02. The number of aliphatic hydroxyl groups excluding tert-OH is 1. The summed E-state index contributed by atoms with van der Waals surface area (Å²) in [5.41, 5.74) is 1.10. The maximum absolute atomic E-state index is 13.7. The van der Waals surface area contributed by atoms with Crippen molar-refractivity contribution in [1.29, 1.82) is 0 Å². The lowest BCUT2D eigenvalue weighted by molar-refractivity contribution is -0.161. The Kier molecular flexibility index (Phi) is 4.97. The highest BCUT2D eigenvalue weighted by Crippen LogP contribution is 2.67. The van der Waals surface area contributed by atoms with Gasteiger partial charge in [-0.2, -0.15) is 0 Å². The predicted molar refractivity (Wildman–Crippen MR) is 125 cm³/mol. The smallest absolute Gasteiger partial charge is 0.313 e. The maximum Gasteiger partial charge on any atom is 0.313 e. The number of halogens is 2. The van der Waals surface area contributed by atoms with Crippen LogP contribution >= 0.6 is 23.2 Å². The lowest BCUT2D eigenvalue weighted by Crippen LogP contribution is -2.43. The van der Waals surface area contributed by atoms with Crippen LogP contribution in [0.1, 0.15) is 35.0 Å². The molecule has 2 N–H and O–H groups in total. The third-order valence-electron chi connectivity index (χ3n) is 7.02. The molecule has 1 amide bonds. The van der Waals surface area contributed by atoms with Crippen LogP contribution in [0.4, 0.5) is 5.69 Å². The van der Waals surface area contributed by atoms with Crippen LogP contribution in [0.5, 0.6) is 0 Å². The number of esters is 1. The summed E-state index contributed by atoms with van der Waals surface area (Å²) in [6, 6.07) is 21.2. The molecule has 0 saturated carbocycles. The van der Waals surface area contributed by atoms with Crippen molar-refractivity contribution in [3.63, 3.8) is 0 Å². The summed E-state index contributed by atoms with van der Waals surface area (Å²) < 4.78 is 12.3. The van der Waals surface area contributed by atoms with Gasteiger partial charge in [-0.3, -0.25) is 9.59 Å². The summed E-state index contributed by atoms with van der Waals surface area (Å²) in [4.78, 5) is 26.9. The number of carbonyl (C=O) groups excluding carboxylic acids is 2. The van der Waals surface area contributed by atoms with Crippen molar-refractivity contribution in [2.45, 2.75) is 23.9 Å². The van der Waals surface area contributed by atoms with Gasteiger partial charge in [0, 0.05) is 11.3 Å². The molecule has 0 bridgehead atoms. The van der Waals surface area contributed by atoms with Crippen molar-refractivity contribution >= 4 is 40.8 Å². The zero-order valence-corrected chi connectivity index (χ0v) is 19.2. The largest absolute Gasteiger partial charge is 0.454 e. The van der Waals surface area contributed by atoms with Crippen LogP contribution in [0.25, 0.3) is 0 Å². The Morgan fingerprint density at radius 2 is 1.65 bits per heavy atom. The van der Waals surface area contributed by atoms with Crippen LogP contribution in [-0.2, 0) is 19.1 Å². The van der Waals surface area contributed by atoms with Crippen molar-refractivity contribution in [3.05, 3.63) is 99.5 Å². The Labute approximate surface area is 205 Å². The summed E-state index contributed by atoms with van der Waals surface area (Å²) in [7, 11) is 0. The van der Waals surface area contributed by atoms with Gasteiger partial charge in [-0.1, -0.05) is 77.8 Å². The third kappa shape index (κ3) is 2.96. The molecular weight excluding hydrogens is 477 g/mol. The van der Waals surface area contributed by atoms with Crippen LogP contribution in [-0.4, -0.2) is 22.6 Å². The van der Waals surface area contributed by atoms with E-state index in [0.717, 1.165) is 5.56 Å². The molecule has 3 aromatic rings. The Bertz CT molecular complexity index is 1320. The maximum atomic E-state index is 13.7. The zero-order chi connectivity index (χ0) is 23.6. The van der Waals surface area contributed by atoms with Crippen LogP contribution in [0.3, 0.4) is 0 Å². The highest BCUT2D eigenvalue weighted by molar-refractivity contribution is 6.42. The van der Waals surface area contributed by atoms with E-state index in [4.69, 9.17) is 32.7 Å². The fraction of sp³-hybridized carbons (Fsp3) is 0.231. The standard InChI is InChI=1S/C26H19Cl2NO5/c27-17-11-10-14(12-18(17)28)29-24(31)19-20-25(32)33-23-16-9-5-4-8-15(16)22(30)26(20,23)34-21(19)13-6-2-1-3-7-13/h1-12,19-23,30H,(H,29,31)/t19-,20-,21+,22+,23-,26-/m1/s1. The number of hydrogen-bond donors (Lipinski definition) is 2. The van der Waals surface area contributed by atoms with Crippen LogP contribution < -0.4 is 5.32 Å². The van der Waals surface area contributed by atoms with E-state index in [9.17, 15) is 14.7 Å². The summed E-state index contributed by atoms with van der Waals surface area (Å²) in [5.74, 6) is -2.95. The molecule has 2 heterocycles. The average molecular weight is 496 g/mol. The number of ether oxygens (including phenoxy) is 2. The van der Waals surface area contributed by atoms with Gasteiger partial charge >= 0.3 is 5.97 Å². The third-order valence-corrected chi connectivity index (χ3v) is 7.76. The molecule has 1 aliphatic carbocycles. The Balaban J connectivity index is 1.45. The Morgan fingerprint density at radius 1 is 0.941 bits per heavy atom. The van der Waals surface area contributed by atoms with Crippen LogP contribution in [0.15, 0.2) is 72.8 Å². The lowest BCUT2D eigenvalue weighted by Gasteiger charge is -2.30. The molecule has 2 fully saturated rings. The topological polar surface area (TPSA) is 84.9 Å². The fourth-order valence-corrected chi connectivity index (χ4v) is 5.89. The first-order valence-corrected chi connectivity index (χ1v) is 11.6. The molecule has 6 rings (SSSR count). The van der Waals surface area contributed by atoms with Crippen molar-refractivity contribution in [2.24, 2.45) is 11.8 Å². The molecule has 0 unspecified atom stereocenters. The summed E-state index contributed by atoms with van der Waals surface area (Å²) in [6.07, 6.45) is -2.70. The molecule has 34 heavy (non-hydrogen) atoms. The van der Waals surface area contributed by atoms with Crippen molar-refractivity contribution in [2.75, 3.05) is 5.32 Å². The molecular formula is C26H19Cl2NO5. The quantitative estimate of drug-likeness (QED) is 0.498. The molecule has 0 radical (unpaired) electrons.